The first-order valence-corrected chi connectivity index (χ1v) is 9.94. The molecule has 2 aromatic carbocycles. The van der Waals surface area contributed by atoms with Crippen molar-refractivity contribution in [2.45, 2.75) is 38.3 Å². The van der Waals surface area contributed by atoms with Gasteiger partial charge in [-0.2, -0.15) is 17.6 Å². The van der Waals surface area contributed by atoms with Crippen LogP contribution < -0.4 is 9.47 Å². The molecule has 0 aliphatic carbocycles. The molecule has 2 aromatic rings. The van der Waals surface area contributed by atoms with E-state index in [1.807, 2.05) is 0 Å². The molecular formula is C22H26F4O6. The number of ether oxygens (including phenoxy) is 4. The second-order valence-electron chi connectivity index (χ2n) is 6.57. The van der Waals surface area contributed by atoms with Crippen LogP contribution >= 0.6 is 0 Å². The van der Waals surface area contributed by atoms with Crippen molar-refractivity contribution < 1.29 is 46.7 Å². The van der Waals surface area contributed by atoms with Gasteiger partial charge in [0.15, 0.2) is 0 Å². The topological polar surface area (TPSA) is 77.4 Å². The first-order valence-electron chi connectivity index (χ1n) is 9.94. The summed E-state index contributed by atoms with van der Waals surface area (Å²) in [5.41, 5.74) is -1.83. The fraction of sp³-hybridized carbons (Fsp3) is 0.455. The summed E-state index contributed by atoms with van der Waals surface area (Å²) in [7, 11) is 0. The minimum absolute atomic E-state index is 0.0783. The lowest BCUT2D eigenvalue weighted by Gasteiger charge is -2.27. The van der Waals surface area contributed by atoms with Crippen LogP contribution in [-0.2, 0) is 21.3 Å². The average Bonchev–Trinajstić information content (AvgIpc) is 2.79. The van der Waals surface area contributed by atoms with Crippen LogP contribution in [0.2, 0.25) is 0 Å². The third kappa shape index (κ3) is 6.10. The second kappa shape index (κ2) is 11.5. The maximum Gasteiger partial charge on any atom is 0.339 e. The van der Waals surface area contributed by atoms with E-state index in [0.717, 1.165) is 48.5 Å². The lowest BCUT2D eigenvalue weighted by Crippen LogP contribution is -2.35. The molecule has 0 aliphatic heterocycles. The van der Waals surface area contributed by atoms with Crippen LogP contribution in [0.15, 0.2) is 48.5 Å². The van der Waals surface area contributed by atoms with Crippen molar-refractivity contribution in [1.82, 2.24) is 0 Å². The Morgan fingerprint density at radius 3 is 1.22 bits per heavy atom. The quantitative estimate of drug-likeness (QED) is 0.346. The van der Waals surface area contributed by atoms with Crippen LogP contribution in [0.3, 0.4) is 0 Å². The van der Waals surface area contributed by atoms with Gasteiger partial charge in [-0.25, -0.2) is 0 Å². The molecule has 0 spiro atoms. The van der Waals surface area contributed by atoms with Gasteiger partial charge in [0.05, 0.1) is 0 Å². The van der Waals surface area contributed by atoms with Gasteiger partial charge < -0.3 is 29.2 Å². The van der Waals surface area contributed by atoms with Crippen LogP contribution in [0.5, 0.6) is 11.5 Å². The zero-order valence-electron chi connectivity index (χ0n) is 17.6. The van der Waals surface area contributed by atoms with Crippen molar-refractivity contribution in [2.24, 2.45) is 0 Å². The Kier molecular flexibility index (Phi) is 9.26. The SMILES string of the molecule is CCOC(CO)Oc1ccc(C(F)(F)C(F)(F)c2ccc(OC(CO)OCC)cc2)cc1. The average molecular weight is 462 g/mol. The zero-order valence-corrected chi connectivity index (χ0v) is 17.6. The molecule has 10 heteroatoms. The highest BCUT2D eigenvalue weighted by Crippen LogP contribution is 2.49. The van der Waals surface area contributed by atoms with E-state index in [0.29, 0.717) is 0 Å². The summed E-state index contributed by atoms with van der Waals surface area (Å²) < 4.78 is 79.6. The van der Waals surface area contributed by atoms with Crippen molar-refractivity contribution in [3.63, 3.8) is 0 Å². The summed E-state index contributed by atoms with van der Waals surface area (Å²) in [5.74, 6) is -8.89. The molecule has 0 saturated heterocycles. The summed E-state index contributed by atoms with van der Waals surface area (Å²) >= 11 is 0. The molecule has 2 unspecified atom stereocenters. The number of hydrogen-bond acceptors (Lipinski definition) is 6. The number of benzene rings is 2. The van der Waals surface area contributed by atoms with Gasteiger partial charge in [-0.15, -0.1) is 0 Å². The largest absolute Gasteiger partial charge is 0.462 e. The molecule has 2 rings (SSSR count). The summed E-state index contributed by atoms with van der Waals surface area (Å²) in [5, 5.41) is 18.3. The van der Waals surface area contributed by atoms with Crippen LogP contribution in [0.25, 0.3) is 0 Å². The molecule has 178 valence electrons. The van der Waals surface area contributed by atoms with Gasteiger partial charge >= 0.3 is 11.8 Å². The molecular weight excluding hydrogens is 436 g/mol. The van der Waals surface area contributed by atoms with Gasteiger partial charge in [0.1, 0.15) is 24.7 Å². The van der Waals surface area contributed by atoms with Gasteiger partial charge in [0.25, 0.3) is 0 Å². The van der Waals surface area contributed by atoms with E-state index in [2.05, 4.69) is 0 Å². The molecule has 0 amide bonds. The number of aliphatic hydroxyl groups excluding tert-OH is 2. The molecule has 0 bridgehead atoms. The van der Waals surface area contributed by atoms with Crippen LogP contribution in [0, 0.1) is 0 Å². The number of aliphatic hydroxyl groups is 2. The van der Waals surface area contributed by atoms with Crippen molar-refractivity contribution in [1.29, 1.82) is 0 Å². The highest BCUT2D eigenvalue weighted by molar-refractivity contribution is 5.36. The molecule has 0 aliphatic rings. The Balaban J connectivity index is 2.17. The van der Waals surface area contributed by atoms with Crippen LogP contribution in [0.1, 0.15) is 25.0 Å². The van der Waals surface area contributed by atoms with Gasteiger partial charge in [0.2, 0.25) is 12.6 Å². The maximum atomic E-state index is 14.7. The molecule has 0 radical (unpaired) electrons. The van der Waals surface area contributed by atoms with Crippen LogP contribution in [0.4, 0.5) is 17.6 Å². The summed E-state index contributed by atoms with van der Waals surface area (Å²) in [6.07, 6.45) is -2.00. The van der Waals surface area contributed by atoms with Gasteiger partial charge in [-0.1, -0.05) is 0 Å². The van der Waals surface area contributed by atoms with Gasteiger partial charge in [-0.3, -0.25) is 0 Å². The Morgan fingerprint density at radius 2 is 0.969 bits per heavy atom. The number of alkyl halides is 4. The molecule has 6 nitrogen and oxygen atoms in total. The predicted octanol–water partition coefficient (Wildman–Crippen LogP) is 4.04. The maximum absolute atomic E-state index is 14.7. The number of hydrogen-bond donors (Lipinski definition) is 2. The third-order valence-electron chi connectivity index (χ3n) is 4.37. The summed E-state index contributed by atoms with van der Waals surface area (Å²) in [6, 6.07) is 7.71. The Bertz CT molecular complexity index is 745. The monoisotopic (exact) mass is 462 g/mol. The fourth-order valence-corrected chi connectivity index (χ4v) is 2.77. The van der Waals surface area contributed by atoms with Gasteiger partial charge in [-0.05, 0) is 62.4 Å². The normalized spacial score (nSPS) is 14.1. The minimum atomic E-state index is -4.52. The highest BCUT2D eigenvalue weighted by Gasteiger charge is 2.58. The predicted molar refractivity (Wildman–Crippen MR) is 107 cm³/mol. The van der Waals surface area contributed by atoms with Crippen molar-refractivity contribution in [3.8, 4) is 11.5 Å². The molecule has 0 fully saturated rings. The highest BCUT2D eigenvalue weighted by atomic mass is 19.3. The Labute approximate surface area is 183 Å². The first-order chi connectivity index (χ1) is 15.2. The summed E-state index contributed by atoms with van der Waals surface area (Å²) in [4.78, 5) is 0. The first kappa shape index (κ1) is 25.9. The van der Waals surface area contributed by atoms with E-state index < -0.39 is 48.8 Å². The summed E-state index contributed by atoms with van der Waals surface area (Å²) in [6.45, 7) is 2.94. The van der Waals surface area contributed by atoms with Crippen LogP contribution in [-0.4, -0.2) is 49.2 Å². The molecule has 0 saturated carbocycles. The molecule has 0 heterocycles. The van der Waals surface area contributed by atoms with E-state index in [9.17, 15) is 17.6 Å². The Hall–Kier alpha value is -2.40. The molecule has 0 aromatic heterocycles. The number of rotatable bonds is 13. The van der Waals surface area contributed by atoms with Crippen molar-refractivity contribution in [2.75, 3.05) is 26.4 Å². The zero-order chi connectivity index (χ0) is 23.8. The standard InChI is InChI=1S/C22H26F4O6/c1-3-29-19(13-27)31-17-9-5-15(6-10-17)21(23,24)22(25,26)16-7-11-18(12-8-16)32-20(14-28)30-4-2/h5-12,19-20,27-28H,3-4,13-14H2,1-2H3. The molecule has 2 N–H and O–H groups in total. The lowest BCUT2D eigenvalue weighted by molar-refractivity contribution is -0.223. The molecule has 32 heavy (non-hydrogen) atoms. The van der Waals surface area contributed by atoms with E-state index in [-0.39, 0.29) is 24.7 Å². The lowest BCUT2D eigenvalue weighted by atomic mass is 9.96. The fourth-order valence-electron chi connectivity index (χ4n) is 2.77. The van der Waals surface area contributed by atoms with Crippen molar-refractivity contribution in [3.05, 3.63) is 59.7 Å². The van der Waals surface area contributed by atoms with E-state index in [1.54, 1.807) is 13.8 Å². The third-order valence-corrected chi connectivity index (χ3v) is 4.37. The van der Waals surface area contributed by atoms with Gasteiger partial charge in [0, 0.05) is 24.3 Å². The second-order valence-corrected chi connectivity index (χ2v) is 6.57. The molecule has 2 atom stereocenters. The smallest absolute Gasteiger partial charge is 0.339 e. The van der Waals surface area contributed by atoms with E-state index >= 15 is 0 Å². The van der Waals surface area contributed by atoms with E-state index in [1.165, 1.54) is 0 Å². The van der Waals surface area contributed by atoms with E-state index in [4.69, 9.17) is 29.2 Å². The minimum Gasteiger partial charge on any atom is -0.462 e. The Morgan fingerprint density at radius 1 is 0.656 bits per heavy atom. The van der Waals surface area contributed by atoms with Crippen molar-refractivity contribution >= 4 is 0 Å². The number of halogens is 4.